The number of carbonyl (C=O) groups excluding carboxylic acids is 2. The molecule has 0 aliphatic carbocycles. The summed E-state index contributed by atoms with van der Waals surface area (Å²) in [5.41, 5.74) is 3.72. The number of rotatable bonds is 9. The van der Waals surface area contributed by atoms with E-state index in [0.717, 1.165) is 35.3 Å². The highest BCUT2D eigenvalue weighted by atomic mass is 32.2. The van der Waals surface area contributed by atoms with E-state index in [9.17, 15) is 18.0 Å². The van der Waals surface area contributed by atoms with Gasteiger partial charge in [-0.25, -0.2) is 18.0 Å². The number of nitrogens with zero attached hydrogens (tertiary/aromatic N) is 2. The van der Waals surface area contributed by atoms with Crippen LogP contribution in [0.4, 0.5) is 5.69 Å². The highest BCUT2D eigenvalue weighted by Crippen LogP contribution is 2.38. The van der Waals surface area contributed by atoms with Gasteiger partial charge in [-0.05, 0) is 54.8 Å². The summed E-state index contributed by atoms with van der Waals surface area (Å²) in [7, 11) is 1.57. The monoisotopic (exact) mass is 524 g/mol. The van der Waals surface area contributed by atoms with Crippen LogP contribution in [0.3, 0.4) is 0 Å². The fourth-order valence-corrected chi connectivity index (χ4v) is 5.82. The number of benzene rings is 3. The van der Waals surface area contributed by atoms with Gasteiger partial charge in [-0.2, -0.15) is 4.31 Å². The lowest BCUT2D eigenvalue weighted by Crippen LogP contribution is -2.52. The third-order valence-corrected chi connectivity index (χ3v) is 7.98. The molecule has 196 valence electrons. The van der Waals surface area contributed by atoms with E-state index in [1.807, 2.05) is 51.0 Å². The summed E-state index contributed by atoms with van der Waals surface area (Å²) >= 11 is 0. The van der Waals surface area contributed by atoms with E-state index in [-0.39, 0.29) is 4.90 Å². The zero-order valence-corrected chi connectivity index (χ0v) is 22.7. The van der Waals surface area contributed by atoms with Crippen LogP contribution in [-0.2, 0) is 29.1 Å². The standard InChI is InChI=1S/C28H32N2O6S/c1-19-12-15-23(16-13-19)37(33,34)30(26(27(31)35-5)28(32)36-6)25(21-10-8-7-9-11-21)24-17-14-22(29(3)4)18-20(24)2/h7-18,25-26H,1-6H3. The van der Waals surface area contributed by atoms with E-state index in [2.05, 4.69) is 0 Å². The van der Waals surface area contributed by atoms with Crippen LogP contribution >= 0.6 is 0 Å². The number of hydrogen-bond donors (Lipinski definition) is 0. The molecular formula is C28H32N2O6S. The average molecular weight is 525 g/mol. The maximum absolute atomic E-state index is 14.3. The lowest BCUT2D eigenvalue weighted by Gasteiger charge is -2.35. The molecule has 0 amide bonds. The van der Waals surface area contributed by atoms with Gasteiger partial charge in [0.1, 0.15) is 0 Å². The Morgan fingerprint density at radius 3 is 1.86 bits per heavy atom. The van der Waals surface area contributed by atoms with Crippen molar-refractivity contribution in [2.75, 3.05) is 33.2 Å². The first-order chi connectivity index (χ1) is 17.5. The Balaban J connectivity index is 2.41. The van der Waals surface area contributed by atoms with Crippen LogP contribution in [0.15, 0.2) is 77.7 Å². The quantitative estimate of drug-likeness (QED) is 0.310. The van der Waals surface area contributed by atoms with E-state index < -0.39 is 34.0 Å². The zero-order chi connectivity index (χ0) is 27.3. The van der Waals surface area contributed by atoms with E-state index in [4.69, 9.17) is 9.47 Å². The minimum atomic E-state index is -4.44. The highest BCUT2D eigenvalue weighted by Gasteiger charge is 2.47. The molecule has 0 saturated heterocycles. The van der Waals surface area contributed by atoms with Crippen LogP contribution in [0.2, 0.25) is 0 Å². The van der Waals surface area contributed by atoms with Gasteiger partial charge in [-0.15, -0.1) is 0 Å². The van der Waals surface area contributed by atoms with Crippen molar-refractivity contribution in [3.05, 3.63) is 95.1 Å². The highest BCUT2D eigenvalue weighted by molar-refractivity contribution is 7.89. The third-order valence-electron chi connectivity index (χ3n) is 6.13. The van der Waals surface area contributed by atoms with Crippen molar-refractivity contribution < 1.29 is 27.5 Å². The maximum atomic E-state index is 14.3. The molecule has 9 heteroatoms. The molecule has 0 heterocycles. The van der Waals surface area contributed by atoms with Crippen molar-refractivity contribution in [3.8, 4) is 0 Å². The first-order valence-corrected chi connectivity index (χ1v) is 13.1. The van der Waals surface area contributed by atoms with Crippen LogP contribution < -0.4 is 4.90 Å². The molecule has 0 spiro atoms. The molecule has 0 radical (unpaired) electrons. The van der Waals surface area contributed by atoms with Gasteiger partial charge in [-0.1, -0.05) is 54.1 Å². The topological polar surface area (TPSA) is 93.2 Å². The number of ether oxygens (including phenoxy) is 2. The van der Waals surface area contributed by atoms with Crippen molar-refractivity contribution in [3.63, 3.8) is 0 Å². The SMILES string of the molecule is COC(=O)C(C(=O)OC)N(C(c1ccccc1)c1ccc(N(C)C)cc1C)S(=O)(=O)c1ccc(C)cc1. The molecule has 0 aliphatic rings. The summed E-state index contributed by atoms with van der Waals surface area (Å²) in [6.45, 7) is 3.70. The molecule has 3 aromatic carbocycles. The van der Waals surface area contributed by atoms with Gasteiger partial charge in [0.25, 0.3) is 0 Å². The second kappa shape index (κ2) is 11.6. The Morgan fingerprint density at radius 1 is 0.811 bits per heavy atom. The van der Waals surface area contributed by atoms with Crippen LogP contribution in [-0.4, -0.2) is 59.0 Å². The first kappa shape index (κ1) is 27.9. The summed E-state index contributed by atoms with van der Waals surface area (Å²) in [6, 6.07) is 17.7. The summed E-state index contributed by atoms with van der Waals surface area (Å²) in [5, 5.41) is 0. The van der Waals surface area contributed by atoms with Crippen LogP contribution in [0, 0.1) is 13.8 Å². The summed E-state index contributed by atoms with van der Waals surface area (Å²) in [5.74, 6) is -2.10. The third kappa shape index (κ3) is 5.84. The van der Waals surface area contributed by atoms with Crippen molar-refractivity contribution >= 4 is 27.6 Å². The number of hydrogen-bond acceptors (Lipinski definition) is 7. The van der Waals surface area contributed by atoms with Gasteiger partial charge in [0.05, 0.1) is 25.2 Å². The zero-order valence-electron chi connectivity index (χ0n) is 21.8. The largest absolute Gasteiger partial charge is 0.467 e. The lowest BCUT2D eigenvalue weighted by molar-refractivity contribution is -0.158. The molecule has 37 heavy (non-hydrogen) atoms. The molecule has 3 aromatic rings. The number of carbonyl (C=O) groups is 2. The van der Waals surface area contributed by atoms with E-state index in [0.29, 0.717) is 11.1 Å². The summed E-state index contributed by atoms with van der Waals surface area (Å²) in [6.07, 6.45) is 0. The maximum Gasteiger partial charge on any atom is 0.335 e. The Morgan fingerprint density at radius 2 is 1.38 bits per heavy atom. The predicted octanol–water partition coefficient (Wildman–Crippen LogP) is 3.86. The van der Waals surface area contributed by atoms with Crippen LogP contribution in [0.25, 0.3) is 0 Å². The Bertz CT molecular complexity index is 1340. The van der Waals surface area contributed by atoms with Gasteiger partial charge in [0, 0.05) is 19.8 Å². The number of sulfonamides is 1. The number of anilines is 1. The number of methoxy groups -OCH3 is 2. The summed E-state index contributed by atoms with van der Waals surface area (Å²) < 4.78 is 39.3. The molecule has 0 aliphatic heterocycles. The second-order valence-electron chi connectivity index (χ2n) is 8.85. The van der Waals surface area contributed by atoms with Crippen molar-refractivity contribution in [1.29, 1.82) is 0 Å². The van der Waals surface area contributed by atoms with Gasteiger partial charge < -0.3 is 14.4 Å². The Hall–Kier alpha value is -3.69. The smallest absolute Gasteiger partial charge is 0.335 e. The fourth-order valence-electron chi connectivity index (χ4n) is 4.13. The minimum Gasteiger partial charge on any atom is -0.467 e. The van der Waals surface area contributed by atoms with Crippen molar-refractivity contribution in [1.82, 2.24) is 4.31 Å². The van der Waals surface area contributed by atoms with E-state index in [1.165, 1.54) is 12.1 Å². The summed E-state index contributed by atoms with van der Waals surface area (Å²) in [4.78, 5) is 28.0. The molecule has 0 saturated carbocycles. The van der Waals surface area contributed by atoms with Crippen LogP contribution in [0.1, 0.15) is 28.3 Å². The van der Waals surface area contributed by atoms with Gasteiger partial charge in [-0.3, -0.25) is 0 Å². The predicted molar refractivity (Wildman–Crippen MR) is 142 cm³/mol. The molecule has 3 rings (SSSR count). The molecule has 1 atom stereocenters. The number of esters is 2. The first-order valence-electron chi connectivity index (χ1n) is 11.6. The lowest BCUT2D eigenvalue weighted by atomic mass is 9.93. The Labute approximate surface area is 218 Å². The molecule has 1 unspecified atom stereocenters. The molecule has 0 bridgehead atoms. The fraction of sp³-hybridized carbons (Fsp3) is 0.286. The van der Waals surface area contributed by atoms with Crippen molar-refractivity contribution in [2.24, 2.45) is 0 Å². The van der Waals surface area contributed by atoms with E-state index >= 15 is 0 Å². The molecule has 0 N–H and O–H groups in total. The van der Waals surface area contributed by atoms with Crippen LogP contribution in [0.5, 0.6) is 0 Å². The number of aryl methyl sites for hydroxylation is 2. The molecule has 0 aromatic heterocycles. The van der Waals surface area contributed by atoms with E-state index in [1.54, 1.807) is 42.5 Å². The Kier molecular flexibility index (Phi) is 8.73. The van der Waals surface area contributed by atoms with Gasteiger partial charge in [0.15, 0.2) is 0 Å². The minimum absolute atomic E-state index is 0.0700. The molecular weight excluding hydrogens is 492 g/mol. The normalized spacial score (nSPS) is 12.3. The van der Waals surface area contributed by atoms with Gasteiger partial charge in [0.2, 0.25) is 16.1 Å². The average Bonchev–Trinajstić information content (AvgIpc) is 2.89. The second-order valence-corrected chi connectivity index (χ2v) is 10.7. The van der Waals surface area contributed by atoms with Gasteiger partial charge >= 0.3 is 11.9 Å². The van der Waals surface area contributed by atoms with Crippen molar-refractivity contribution in [2.45, 2.75) is 30.8 Å². The molecule has 8 nitrogen and oxygen atoms in total. The molecule has 0 fully saturated rings.